The minimum absolute atomic E-state index is 0.288. The number of hydrogen-bond acceptors (Lipinski definition) is 3. The van der Waals surface area contributed by atoms with Gasteiger partial charge in [-0.25, -0.2) is 4.98 Å². The monoisotopic (exact) mass is 215 g/mol. The van der Waals surface area contributed by atoms with Crippen LogP contribution in [0.5, 0.6) is 0 Å². The van der Waals surface area contributed by atoms with Gasteiger partial charge < -0.3 is 5.32 Å². The van der Waals surface area contributed by atoms with E-state index in [1.165, 1.54) is 25.7 Å². The number of hydrogen-bond donors (Lipinski definition) is 1. The van der Waals surface area contributed by atoms with Gasteiger partial charge in [-0.1, -0.05) is 12.8 Å². The Kier molecular flexibility index (Phi) is 3.21. The van der Waals surface area contributed by atoms with Gasteiger partial charge in [0.15, 0.2) is 0 Å². The summed E-state index contributed by atoms with van der Waals surface area (Å²) >= 11 is 0. The average molecular weight is 215 g/mol. The average Bonchev–Trinajstić information content (AvgIpc) is 2.75. The lowest BCUT2D eigenvalue weighted by molar-refractivity contribution is 0.362. The third kappa shape index (κ3) is 2.59. The lowest BCUT2D eigenvalue weighted by Crippen LogP contribution is -2.38. The summed E-state index contributed by atoms with van der Waals surface area (Å²) in [5, 5.41) is 12.3. The topological polar surface area (TPSA) is 48.7 Å². The summed E-state index contributed by atoms with van der Waals surface area (Å²) in [6.07, 6.45) is 6.85. The molecule has 0 bridgehead atoms. The number of nitrogens with zero attached hydrogens (tertiary/aromatic N) is 2. The predicted octanol–water partition coefficient (Wildman–Crippen LogP) is 2.38. The molecule has 16 heavy (non-hydrogen) atoms. The second-order valence-corrected chi connectivity index (χ2v) is 4.78. The lowest BCUT2D eigenvalue weighted by Gasteiger charge is -2.25. The standard InChI is InChI=1S/C13H17N3/c1-13(5-2-3-6-13)16-10-11-4-7-15-12(8-11)9-14/h4,7-8,16H,2-3,5-6,10H2,1H3. The molecule has 1 heterocycles. The van der Waals surface area contributed by atoms with Crippen LogP contribution in [0.2, 0.25) is 0 Å². The highest BCUT2D eigenvalue weighted by Gasteiger charge is 2.27. The van der Waals surface area contributed by atoms with E-state index in [1.807, 2.05) is 12.1 Å². The Bertz CT molecular complexity index is 400. The van der Waals surface area contributed by atoms with Crippen LogP contribution in [0.1, 0.15) is 43.9 Å². The van der Waals surface area contributed by atoms with Crippen LogP contribution in [0.3, 0.4) is 0 Å². The van der Waals surface area contributed by atoms with Crippen molar-refractivity contribution in [2.75, 3.05) is 0 Å². The van der Waals surface area contributed by atoms with Crippen molar-refractivity contribution < 1.29 is 0 Å². The van der Waals surface area contributed by atoms with Gasteiger partial charge in [-0.3, -0.25) is 0 Å². The first kappa shape index (κ1) is 11.1. The first-order valence-electron chi connectivity index (χ1n) is 5.82. The largest absolute Gasteiger partial charge is 0.307 e. The third-order valence-corrected chi connectivity index (χ3v) is 3.37. The summed E-state index contributed by atoms with van der Waals surface area (Å²) in [6, 6.07) is 5.88. The van der Waals surface area contributed by atoms with Crippen molar-refractivity contribution in [3.63, 3.8) is 0 Å². The van der Waals surface area contributed by atoms with Crippen LogP contribution >= 0.6 is 0 Å². The molecule has 0 saturated heterocycles. The van der Waals surface area contributed by atoms with Gasteiger partial charge >= 0.3 is 0 Å². The number of nitriles is 1. The van der Waals surface area contributed by atoms with Gasteiger partial charge in [0.2, 0.25) is 0 Å². The van der Waals surface area contributed by atoms with E-state index in [9.17, 15) is 0 Å². The van der Waals surface area contributed by atoms with Crippen LogP contribution in [-0.4, -0.2) is 10.5 Å². The summed E-state index contributed by atoms with van der Waals surface area (Å²) < 4.78 is 0. The van der Waals surface area contributed by atoms with Gasteiger partial charge in [0.25, 0.3) is 0 Å². The molecule has 0 unspecified atom stereocenters. The lowest BCUT2D eigenvalue weighted by atomic mass is 10.0. The van der Waals surface area contributed by atoms with Crippen LogP contribution < -0.4 is 5.32 Å². The van der Waals surface area contributed by atoms with Crippen molar-refractivity contribution in [2.24, 2.45) is 0 Å². The Morgan fingerprint density at radius 3 is 2.94 bits per heavy atom. The summed E-state index contributed by atoms with van der Waals surface area (Å²) in [5.41, 5.74) is 1.92. The SMILES string of the molecule is CC1(NCc2ccnc(C#N)c2)CCCC1. The Morgan fingerprint density at radius 2 is 2.25 bits per heavy atom. The fourth-order valence-electron chi connectivity index (χ4n) is 2.29. The fourth-order valence-corrected chi connectivity index (χ4v) is 2.29. The molecule has 1 aliphatic rings. The zero-order valence-electron chi connectivity index (χ0n) is 9.66. The van der Waals surface area contributed by atoms with E-state index in [-0.39, 0.29) is 5.54 Å². The Balaban J connectivity index is 1.96. The molecule has 1 N–H and O–H groups in total. The number of rotatable bonds is 3. The molecule has 0 radical (unpaired) electrons. The summed E-state index contributed by atoms with van der Waals surface area (Å²) in [6.45, 7) is 3.11. The highest BCUT2D eigenvalue weighted by molar-refractivity contribution is 5.25. The molecule has 0 atom stereocenters. The third-order valence-electron chi connectivity index (χ3n) is 3.37. The smallest absolute Gasteiger partial charge is 0.140 e. The van der Waals surface area contributed by atoms with E-state index < -0.39 is 0 Å². The van der Waals surface area contributed by atoms with Crippen LogP contribution in [0.25, 0.3) is 0 Å². The molecule has 84 valence electrons. The maximum atomic E-state index is 8.76. The molecular weight excluding hydrogens is 198 g/mol. The molecule has 3 nitrogen and oxygen atoms in total. The van der Waals surface area contributed by atoms with E-state index >= 15 is 0 Å². The summed E-state index contributed by atoms with van der Waals surface area (Å²) in [4.78, 5) is 3.97. The van der Waals surface area contributed by atoms with Gasteiger partial charge in [-0.05, 0) is 37.5 Å². The first-order chi connectivity index (χ1) is 7.72. The van der Waals surface area contributed by atoms with E-state index in [1.54, 1.807) is 6.20 Å². The molecular formula is C13H17N3. The minimum Gasteiger partial charge on any atom is -0.307 e. The maximum absolute atomic E-state index is 8.76. The predicted molar refractivity (Wildman–Crippen MR) is 62.7 cm³/mol. The Hall–Kier alpha value is -1.40. The highest BCUT2D eigenvalue weighted by atomic mass is 15.0. The van der Waals surface area contributed by atoms with Crippen molar-refractivity contribution in [3.05, 3.63) is 29.6 Å². The molecule has 0 aromatic carbocycles. The second kappa shape index (κ2) is 4.63. The number of aromatic nitrogens is 1. The van der Waals surface area contributed by atoms with Crippen molar-refractivity contribution in [1.82, 2.24) is 10.3 Å². The van der Waals surface area contributed by atoms with Crippen LogP contribution in [0.4, 0.5) is 0 Å². The zero-order valence-corrected chi connectivity index (χ0v) is 9.66. The molecule has 0 amide bonds. The quantitative estimate of drug-likeness (QED) is 0.842. The van der Waals surface area contributed by atoms with E-state index in [0.717, 1.165) is 12.1 Å². The van der Waals surface area contributed by atoms with Crippen LogP contribution in [-0.2, 0) is 6.54 Å². The molecule has 1 aromatic rings. The molecule has 1 fully saturated rings. The molecule has 2 rings (SSSR count). The van der Waals surface area contributed by atoms with Gasteiger partial charge in [0.05, 0.1) is 0 Å². The second-order valence-electron chi connectivity index (χ2n) is 4.78. The number of pyridine rings is 1. The van der Waals surface area contributed by atoms with E-state index in [4.69, 9.17) is 5.26 Å². The summed E-state index contributed by atoms with van der Waals surface area (Å²) in [7, 11) is 0. The molecule has 1 saturated carbocycles. The number of nitrogens with one attached hydrogen (secondary N) is 1. The highest BCUT2D eigenvalue weighted by Crippen LogP contribution is 2.29. The van der Waals surface area contributed by atoms with Crippen molar-refractivity contribution in [1.29, 1.82) is 5.26 Å². The fraction of sp³-hybridized carbons (Fsp3) is 0.538. The molecule has 1 aliphatic carbocycles. The van der Waals surface area contributed by atoms with Gasteiger partial charge in [0.1, 0.15) is 11.8 Å². The Labute approximate surface area is 96.5 Å². The molecule has 0 spiro atoms. The van der Waals surface area contributed by atoms with Gasteiger partial charge in [-0.15, -0.1) is 0 Å². The minimum atomic E-state index is 0.288. The summed E-state index contributed by atoms with van der Waals surface area (Å²) in [5.74, 6) is 0. The maximum Gasteiger partial charge on any atom is 0.140 e. The molecule has 0 aliphatic heterocycles. The van der Waals surface area contributed by atoms with E-state index in [2.05, 4.69) is 23.3 Å². The van der Waals surface area contributed by atoms with Gasteiger partial charge in [-0.2, -0.15) is 5.26 Å². The Morgan fingerprint density at radius 1 is 1.50 bits per heavy atom. The van der Waals surface area contributed by atoms with Crippen molar-refractivity contribution in [2.45, 2.75) is 44.7 Å². The van der Waals surface area contributed by atoms with Crippen molar-refractivity contribution in [3.8, 4) is 6.07 Å². The van der Waals surface area contributed by atoms with Gasteiger partial charge in [0, 0.05) is 18.3 Å². The van der Waals surface area contributed by atoms with Crippen LogP contribution in [0, 0.1) is 11.3 Å². The van der Waals surface area contributed by atoms with Crippen LogP contribution in [0.15, 0.2) is 18.3 Å². The zero-order chi connectivity index (χ0) is 11.4. The normalized spacial score (nSPS) is 18.2. The van der Waals surface area contributed by atoms with Crippen molar-refractivity contribution >= 4 is 0 Å². The molecule has 3 heteroatoms. The molecule has 1 aromatic heterocycles. The van der Waals surface area contributed by atoms with E-state index in [0.29, 0.717) is 5.69 Å². The first-order valence-corrected chi connectivity index (χ1v) is 5.82.